The highest BCUT2D eigenvalue weighted by Crippen LogP contribution is 2.15. The van der Waals surface area contributed by atoms with E-state index in [-0.39, 0.29) is 10.4 Å². The van der Waals surface area contributed by atoms with Gasteiger partial charge in [-0.15, -0.1) is 4.59 Å². The highest BCUT2D eigenvalue weighted by atomic mass is 16.6. The smallest absolute Gasteiger partial charge is 0.254 e. The fourth-order valence-corrected chi connectivity index (χ4v) is 0.769. The highest BCUT2D eigenvalue weighted by molar-refractivity contribution is 5.71. The molecule has 0 bridgehead atoms. The van der Waals surface area contributed by atoms with Crippen LogP contribution in [-0.2, 0) is 0 Å². The van der Waals surface area contributed by atoms with Crippen LogP contribution in [0.15, 0.2) is 17.0 Å². The number of quaternary nitrogens is 1. The molecule has 0 radical (unpaired) electrons. The topological polar surface area (TPSA) is 55.5 Å². The van der Waals surface area contributed by atoms with Gasteiger partial charge in [-0.25, -0.2) is 0 Å². The van der Waals surface area contributed by atoms with E-state index in [9.17, 15) is 10.1 Å². The van der Waals surface area contributed by atoms with Crippen LogP contribution in [0, 0.1) is 10.1 Å². The average Bonchev–Trinajstić information content (AvgIpc) is 2.08. The number of hydrogen-bond donors (Lipinski definition) is 0. The Morgan fingerprint density at radius 2 is 2.30 bits per heavy atom. The molecule has 0 unspecified atom stereocenters. The molecule has 0 amide bonds. The fourth-order valence-electron chi connectivity index (χ4n) is 0.769. The number of allylic oxidation sites excluding steroid dienone is 1. The first-order valence-corrected chi connectivity index (χ1v) is 2.79. The van der Waals surface area contributed by atoms with Crippen LogP contribution in [0.4, 0.5) is 0 Å². The van der Waals surface area contributed by atoms with E-state index in [0.29, 0.717) is 0 Å². The largest absolute Gasteiger partial charge is 0.455 e. The van der Waals surface area contributed by atoms with E-state index in [1.165, 1.54) is 12.3 Å². The van der Waals surface area contributed by atoms with Crippen LogP contribution in [0.25, 0.3) is 0 Å². The Labute approximate surface area is 58.0 Å². The maximum absolute atomic E-state index is 10.3. The minimum atomic E-state index is -0.424. The Balaban J connectivity index is 2.93. The molecule has 0 aromatic rings. The lowest BCUT2D eigenvalue weighted by molar-refractivity contribution is -0.911. The van der Waals surface area contributed by atoms with Gasteiger partial charge in [-0.1, -0.05) is 5.10 Å². The zero-order valence-corrected chi connectivity index (χ0v) is 5.81. The predicted octanol–water partition coefficient (Wildman–Crippen LogP) is 0.180. The van der Waals surface area contributed by atoms with Gasteiger partial charge in [0.15, 0.2) is 0 Å². The minimum absolute atomic E-state index is 0.0208. The summed E-state index contributed by atoms with van der Waals surface area (Å²) in [5, 5.41) is 14.1. The van der Waals surface area contributed by atoms with Crippen molar-refractivity contribution in [3.8, 4) is 0 Å². The summed E-state index contributed by atoms with van der Waals surface area (Å²) in [5.74, 6) is 0.0972. The van der Waals surface area contributed by atoms with Crippen LogP contribution in [0.3, 0.4) is 0 Å². The van der Waals surface area contributed by atoms with E-state index in [2.05, 4.69) is 5.10 Å². The molecular formula is C5H8N3O2+. The van der Waals surface area contributed by atoms with Gasteiger partial charge in [-0.3, -0.25) is 10.1 Å². The Morgan fingerprint density at radius 1 is 1.70 bits per heavy atom. The molecule has 1 aliphatic rings. The lowest BCUT2D eigenvalue weighted by atomic mass is 10.6. The lowest BCUT2D eigenvalue weighted by Gasteiger charge is -2.12. The summed E-state index contributed by atoms with van der Waals surface area (Å²) in [6.45, 7) is 0. The summed E-state index contributed by atoms with van der Waals surface area (Å²) in [4.78, 5) is 9.84. The quantitative estimate of drug-likeness (QED) is 0.298. The number of rotatable bonds is 1. The Kier molecular flexibility index (Phi) is 1.29. The van der Waals surface area contributed by atoms with Crippen molar-refractivity contribution in [2.24, 2.45) is 5.10 Å². The van der Waals surface area contributed by atoms with Crippen molar-refractivity contribution in [2.75, 3.05) is 14.1 Å². The van der Waals surface area contributed by atoms with Crippen LogP contribution >= 0.6 is 0 Å². The van der Waals surface area contributed by atoms with Crippen molar-refractivity contribution in [3.63, 3.8) is 0 Å². The molecule has 0 aliphatic carbocycles. The Bertz CT molecular complexity index is 229. The highest BCUT2D eigenvalue weighted by Gasteiger charge is 2.36. The molecule has 0 aromatic carbocycles. The molecule has 10 heavy (non-hydrogen) atoms. The van der Waals surface area contributed by atoms with Crippen molar-refractivity contribution >= 4 is 6.21 Å². The minimum Gasteiger partial charge on any atom is -0.254 e. The number of nitrogens with zero attached hydrogens (tertiary/aromatic N) is 3. The van der Waals surface area contributed by atoms with Crippen LogP contribution in [0.1, 0.15) is 0 Å². The summed E-state index contributed by atoms with van der Waals surface area (Å²) in [7, 11) is 3.30. The van der Waals surface area contributed by atoms with E-state index >= 15 is 0 Å². The first kappa shape index (κ1) is 6.88. The van der Waals surface area contributed by atoms with Crippen LogP contribution in [0.5, 0.6) is 0 Å². The van der Waals surface area contributed by atoms with Crippen molar-refractivity contribution in [1.29, 1.82) is 0 Å². The zero-order chi connectivity index (χ0) is 7.78. The molecule has 0 fully saturated rings. The molecule has 0 atom stereocenters. The summed E-state index contributed by atoms with van der Waals surface area (Å²) in [6.07, 6.45) is 2.85. The third-order valence-electron chi connectivity index (χ3n) is 1.33. The molecule has 5 heteroatoms. The maximum atomic E-state index is 10.3. The van der Waals surface area contributed by atoms with Gasteiger partial charge in [0.05, 0.1) is 6.21 Å². The van der Waals surface area contributed by atoms with Gasteiger partial charge in [0.25, 0.3) is 0 Å². The average molecular weight is 142 g/mol. The van der Waals surface area contributed by atoms with Gasteiger partial charge in [0.1, 0.15) is 25.1 Å². The van der Waals surface area contributed by atoms with Gasteiger partial charge < -0.3 is 0 Å². The Morgan fingerprint density at radius 3 is 2.50 bits per heavy atom. The molecule has 0 N–H and O–H groups in total. The summed E-state index contributed by atoms with van der Waals surface area (Å²) < 4.78 is -0.0208. The molecule has 5 nitrogen and oxygen atoms in total. The van der Waals surface area contributed by atoms with Crippen LogP contribution in [-0.4, -0.2) is 29.8 Å². The van der Waals surface area contributed by atoms with E-state index in [1.807, 2.05) is 0 Å². The zero-order valence-electron chi connectivity index (χ0n) is 5.81. The second-order valence-corrected chi connectivity index (χ2v) is 2.44. The summed E-state index contributed by atoms with van der Waals surface area (Å²) >= 11 is 0. The van der Waals surface area contributed by atoms with Crippen LogP contribution < -0.4 is 0 Å². The van der Waals surface area contributed by atoms with Gasteiger partial charge in [-0.05, 0) is 0 Å². The molecule has 0 saturated heterocycles. The third-order valence-corrected chi connectivity index (χ3v) is 1.33. The van der Waals surface area contributed by atoms with Crippen molar-refractivity contribution < 1.29 is 9.52 Å². The maximum Gasteiger partial charge on any atom is 0.455 e. The summed E-state index contributed by atoms with van der Waals surface area (Å²) in [6, 6.07) is 0. The molecule has 1 heterocycles. The fraction of sp³-hybridized carbons (Fsp3) is 0.400. The third kappa shape index (κ3) is 0.906. The first-order chi connectivity index (χ1) is 4.54. The summed E-state index contributed by atoms with van der Waals surface area (Å²) in [5.41, 5.74) is 0. The molecule has 54 valence electrons. The molecule has 0 aromatic heterocycles. The van der Waals surface area contributed by atoms with E-state index in [1.54, 1.807) is 14.1 Å². The molecule has 0 spiro atoms. The molecule has 1 rings (SSSR count). The van der Waals surface area contributed by atoms with E-state index < -0.39 is 4.92 Å². The number of hydrogen-bond acceptors (Lipinski definition) is 3. The lowest BCUT2D eigenvalue weighted by Crippen LogP contribution is -2.33. The van der Waals surface area contributed by atoms with Crippen LogP contribution in [0.2, 0.25) is 0 Å². The van der Waals surface area contributed by atoms with Crippen molar-refractivity contribution in [3.05, 3.63) is 22.0 Å². The van der Waals surface area contributed by atoms with Gasteiger partial charge in [-0.2, -0.15) is 0 Å². The van der Waals surface area contributed by atoms with Crippen molar-refractivity contribution in [2.45, 2.75) is 0 Å². The molecule has 0 saturated carbocycles. The second-order valence-electron chi connectivity index (χ2n) is 2.44. The predicted molar refractivity (Wildman–Crippen MR) is 35.7 cm³/mol. The SMILES string of the molecule is C[N+]1(C)N=CC=C1[N+](=O)[O-]. The van der Waals surface area contributed by atoms with Gasteiger partial charge >= 0.3 is 5.82 Å². The molecular weight excluding hydrogens is 134 g/mol. The second kappa shape index (κ2) is 1.88. The first-order valence-electron chi connectivity index (χ1n) is 2.79. The van der Waals surface area contributed by atoms with E-state index in [0.717, 1.165) is 0 Å². The standard InChI is InChI=1S/C5H8N3O2/c1-8(2)5(7(9)10)3-4-6-8/h3-4H,1-2H3/q+1. The Hall–Kier alpha value is -1.23. The monoisotopic (exact) mass is 142 g/mol. The van der Waals surface area contributed by atoms with Gasteiger partial charge in [0, 0.05) is 0 Å². The normalized spacial score (nSPS) is 20.8. The van der Waals surface area contributed by atoms with E-state index in [4.69, 9.17) is 0 Å². The van der Waals surface area contributed by atoms with Crippen molar-refractivity contribution in [1.82, 2.24) is 0 Å². The number of nitro groups is 1. The molecule has 1 aliphatic heterocycles. The van der Waals surface area contributed by atoms with Gasteiger partial charge in [0.2, 0.25) is 0 Å².